The Morgan fingerprint density at radius 1 is 1.13 bits per heavy atom. The molecule has 6 heteroatoms. The first-order valence-electron chi connectivity index (χ1n) is 10.5. The lowest BCUT2D eigenvalue weighted by molar-refractivity contribution is -0.129. The Balaban J connectivity index is 1.38. The van der Waals surface area contributed by atoms with Gasteiger partial charge in [-0.25, -0.2) is 0 Å². The summed E-state index contributed by atoms with van der Waals surface area (Å²) in [5.74, 6) is -0.302. The van der Waals surface area contributed by atoms with Crippen molar-refractivity contribution < 1.29 is 9.59 Å². The van der Waals surface area contributed by atoms with E-state index in [-0.39, 0.29) is 23.7 Å². The number of amides is 2. The molecule has 2 fully saturated rings. The number of likely N-dealkylation sites (tertiary alicyclic amines) is 1. The highest BCUT2D eigenvalue weighted by atomic mass is 35.5. The van der Waals surface area contributed by atoms with Crippen molar-refractivity contribution in [1.82, 2.24) is 15.2 Å². The second kappa shape index (κ2) is 7.80. The molecule has 1 saturated carbocycles. The molecule has 2 heterocycles. The number of hydrogen-bond acceptors (Lipinski definition) is 2. The minimum absolute atomic E-state index is 0.0524. The first kappa shape index (κ1) is 19.2. The van der Waals surface area contributed by atoms with Crippen LogP contribution < -0.4 is 5.32 Å². The first-order valence-corrected chi connectivity index (χ1v) is 10.9. The van der Waals surface area contributed by atoms with Gasteiger partial charge in [0.05, 0.1) is 5.92 Å². The molecule has 154 valence electrons. The SMILES string of the molecule is O=C(NC[C@H](c1ccccc1Cl)c1c[nH]c2ccccc12)[C@@H]1CC(=O)N(C2CC2)C1. The second-order valence-electron chi connectivity index (χ2n) is 8.29. The van der Waals surface area contributed by atoms with Crippen LogP contribution in [0, 0.1) is 5.92 Å². The van der Waals surface area contributed by atoms with Crippen LogP contribution in [-0.2, 0) is 9.59 Å². The molecule has 2 N–H and O–H groups in total. The van der Waals surface area contributed by atoms with Crippen molar-refractivity contribution in [3.8, 4) is 0 Å². The van der Waals surface area contributed by atoms with Crippen molar-refractivity contribution >= 4 is 34.3 Å². The molecule has 1 saturated heterocycles. The Kier molecular flexibility index (Phi) is 4.99. The molecule has 0 spiro atoms. The fourth-order valence-corrected chi connectivity index (χ4v) is 4.79. The zero-order valence-electron chi connectivity index (χ0n) is 16.6. The van der Waals surface area contributed by atoms with E-state index in [2.05, 4.69) is 16.4 Å². The van der Waals surface area contributed by atoms with Crippen LogP contribution in [0.2, 0.25) is 5.02 Å². The molecular formula is C24H24ClN3O2. The van der Waals surface area contributed by atoms with Crippen molar-refractivity contribution in [2.24, 2.45) is 5.92 Å². The number of fused-ring (bicyclic) bond motifs is 1. The third kappa shape index (κ3) is 3.58. The maximum absolute atomic E-state index is 12.9. The number of aromatic nitrogens is 1. The predicted octanol–water partition coefficient (Wildman–Crippen LogP) is 4.08. The van der Waals surface area contributed by atoms with Gasteiger partial charge < -0.3 is 15.2 Å². The summed E-state index contributed by atoms with van der Waals surface area (Å²) in [6.07, 6.45) is 4.44. The molecule has 2 amide bonds. The summed E-state index contributed by atoms with van der Waals surface area (Å²) >= 11 is 6.54. The zero-order valence-corrected chi connectivity index (χ0v) is 17.4. The monoisotopic (exact) mass is 421 g/mol. The normalized spacial score (nSPS) is 20.0. The highest BCUT2D eigenvalue weighted by Crippen LogP contribution is 2.35. The van der Waals surface area contributed by atoms with Crippen molar-refractivity contribution in [1.29, 1.82) is 0 Å². The minimum atomic E-state index is -0.270. The molecule has 1 aromatic heterocycles. The zero-order chi connectivity index (χ0) is 20.7. The largest absolute Gasteiger partial charge is 0.361 e. The molecule has 30 heavy (non-hydrogen) atoms. The lowest BCUT2D eigenvalue weighted by atomic mass is 9.90. The Labute approximate surface area is 180 Å². The van der Waals surface area contributed by atoms with Crippen molar-refractivity contribution in [3.05, 3.63) is 70.9 Å². The van der Waals surface area contributed by atoms with Gasteiger partial charge in [0.15, 0.2) is 0 Å². The molecule has 2 atom stereocenters. The van der Waals surface area contributed by atoms with Crippen molar-refractivity contribution in [3.63, 3.8) is 0 Å². The Morgan fingerprint density at radius 3 is 2.70 bits per heavy atom. The molecule has 3 aromatic rings. The van der Waals surface area contributed by atoms with Crippen LogP contribution in [0.4, 0.5) is 0 Å². The number of carbonyl (C=O) groups is 2. The molecule has 5 nitrogen and oxygen atoms in total. The van der Waals surface area contributed by atoms with Gasteiger partial charge in [-0.1, -0.05) is 48.0 Å². The van der Waals surface area contributed by atoms with Crippen LogP contribution in [-0.4, -0.2) is 40.8 Å². The summed E-state index contributed by atoms with van der Waals surface area (Å²) < 4.78 is 0. The van der Waals surface area contributed by atoms with Gasteiger partial charge in [0.2, 0.25) is 11.8 Å². The van der Waals surface area contributed by atoms with Crippen LogP contribution in [0.25, 0.3) is 10.9 Å². The average Bonchev–Trinajstić information content (AvgIpc) is 3.39. The van der Waals surface area contributed by atoms with Crippen LogP contribution in [0.1, 0.15) is 36.3 Å². The quantitative estimate of drug-likeness (QED) is 0.629. The number of hydrogen-bond donors (Lipinski definition) is 2. The van der Waals surface area contributed by atoms with Gasteiger partial charge in [-0.3, -0.25) is 9.59 Å². The van der Waals surface area contributed by atoms with Crippen LogP contribution in [0.15, 0.2) is 54.7 Å². The lowest BCUT2D eigenvalue weighted by Crippen LogP contribution is -2.36. The van der Waals surface area contributed by atoms with Crippen LogP contribution in [0.3, 0.4) is 0 Å². The van der Waals surface area contributed by atoms with E-state index in [1.807, 2.05) is 53.6 Å². The number of halogens is 1. The van der Waals surface area contributed by atoms with Gasteiger partial charge in [0.1, 0.15) is 0 Å². The molecular weight excluding hydrogens is 398 g/mol. The molecule has 1 aliphatic heterocycles. The lowest BCUT2D eigenvalue weighted by Gasteiger charge is -2.21. The Morgan fingerprint density at radius 2 is 1.90 bits per heavy atom. The van der Waals surface area contributed by atoms with Gasteiger partial charge >= 0.3 is 0 Å². The van der Waals surface area contributed by atoms with Gasteiger partial charge in [-0.2, -0.15) is 0 Å². The Hall–Kier alpha value is -2.79. The van der Waals surface area contributed by atoms with E-state index in [1.54, 1.807) is 0 Å². The van der Waals surface area contributed by atoms with Gasteiger partial charge in [0, 0.05) is 53.6 Å². The number of H-pyrrole nitrogens is 1. The summed E-state index contributed by atoms with van der Waals surface area (Å²) in [5.41, 5.74) is 3.13. The molecule has 2 aromatic carbocycles. The summed E-state index contributed by atoms with van der Waals surface area (Å²) in [5, 5.41) is 4.91. The number of nitrogens with zero attached hydrogens (tertiary/aromatic N) is 1. The standard InChI is InChI=1S/C24H24ClN3O2/c25-21-7-3-1-5-17(21)19(20-12-26-22-8-4-2-6-18(20)22)13-27-24(30)15-11-23(29)28(14-15)16-9-10-16/h1-8,12,15-16,19,26H,9-11,13-14H2,(H,27,30)/t15-,19-/m1/s1. The number of benzene rings is 2. The highest BCUT2D eigenvalue weighted by molar-refractivity contribution is 6.31. The summed E-state index contributed by atoms with van der Waals surface area (Å²) in [4.78, 5) is 30.3. The number of carbonyl (C=O) groups excluding carboxylic acids is 2. The summed E-state index contributed by atoms with van der Waals surface area (Å²) in [7, 11) is 0. The smallest absolute Gasteiger partial charge is 0.225 e. The van der Waals surface area contributed by atoms with E-state index in [4.69, 9.17) is 11.6 Å². The number of nitrogens with one attached hydrogen (secondary N) is 2. The minimum Gasteiger partial charge on any atom is -0.361 e. The first-order chi connectivity index (χ1) is 14.6. The number of para-hydroxylation sites is 1. The van der Waals surface area contributed by atoms with Gasteiger partial charge in [-0.15, -0.1) is 0 Å². The third-order valence-electron chi connectivity index (χ3n) is 6.27. The van der Waals surface area contributed by atoms with E-state index in [0.717, 1.165) is 34.9 Å². The molecule has 5 rings (SSSR count). The van der Waals surface area contributed by atoms with Gasteiger partial charge in [-0.05, 0) is 36.1 Å². The van der Waals surface area contributed by atoms with Crippen molar-refractivity contribution in [2.75, 3.05) is 13.1 Å². The topological polar surface area (TPSA) is 65.2 Å². The average molecular weight is 422 g/mol. The van der Waals surface area contributed by atoms with E-state index < -0.39 is 0 Å². The fraction of sp³-hybridized carbons (Fsp3) is 0.333. The summed E-state index contributed by atoms with van der Waals surface area (Å²) in [6, 6.07) is 16.3. The fourth-order valence-electron chi connectivity index (χ4n) is 4.52. The third-order valence-corrected chi connectivity index (χ3v) is 6.62. The van der Waals surface area contributed by atoms with E-state index in [9.17, 15) is 9.59 Å². The molecule has 0 bridgehead atoms. The maximum atomic E-state index is 12.9. The number of aromatic amines is 1. The van der Waals surface area contributed by atoms with E-state index in [1.165, 1.54) is 0 Å². The second-order valence-corrected chi connectivity index (χ2v) is 8.69. The molecule has 0 radical (unpaired) electrons. The van der Waals surface area contributed by atoms with Crippen molar-refractivity contribution in [2.45, 2.75) is 31.2 Å². The van der Waals surface area contributed by atoms with E-state index >= 15 is 0 Å². The van der Waals surface area contributed by atoms with E-state index in [0.29, 0.717) is 30.6 Å². The van der Waals surface area contributed by atoms with Crippen LogP contribution in [0.5, 0.6) is 0 Å². The Bertz CT molecular complexity index is 1100. The van der Waals surface area contributed by atoms with Crippen LogP contribution >= 0.6 is 11.6 Å². The predicted molar refractivity (Wildman–Crippen MR) is 117 cm³/mol. The maximum Gasteiger partial charge on any atom is 0.225 e. The van der Waals surface area contributed by atoms with Gasteiger partial charge in [0.25, 0.3) is 0 Å². The molecule has 2 aliphatic rings. The molecule has 1 aliphatic carbocycles. The summed E-state index contributed by atoms with van der Waals surface area (Å²) in [6.45, 7) is 0.970. The number of rotatable bonds is 6. The molecule has 0 unspecified atom stereocenters. The highest BCUT2D eigenvalue weighted by Gasteiger charge is 2.41.